The zero-order chi connectivity index (χ0) is 10.8. The average Bonchev–Trinajstić information content (AvgIpc) is 2.43. The molecule has 2 unspecified atom stereocenters. The fourth-order valence-corrected chi connectivity index (χ4v) is 2.08. The number of aliphatic hydroxyl groups is 1. The second-order valence-corrected chi connectivity index (χ2v) is 4.08. The molecule has 1 aliphatic rings. The molecule has 0 radical (unpaired) electrons. The highest BCUT2D eigenvalue weighted by Gasteiger charge is 2.42. The van der Waals surface area contributed by atoms with Crippen LogP contribution in [0.5, 0.6) is 0 Å². The summed E-state index contributed by atoms with van der Waals surface area (Å²) in [6.45, 7) is 0.648. The third-order valence-electron chi connectivity index (χ3n) is 3.13. The summed E-state index contributed by atoms with van der Waals surface area (Å²) in [5, 5.41) is 11.6. The van der Waals surface area contributed by atoms with E-state index in [1.54, 1.807) is 0 Å². The van der Waals surface area contributed by atoms with Crippen molar-refractivity contribution in [1.29, 1.82) is 0 Å². The molecule has 0 bridgehead atoms. The maximum absolute atomic E-state index is 12.0. The SMILES string of the molecule is CC1CCCC1(CO)NCC(F)(F)F. The Morgan fingerprint density at radius 2 is 2.14 bits per heavy atom. The predicted octanol–water partition coefficient (Wildman–Crippen LogP) is 1.69. The van der Waals surface area contributed by atoms with E-state index in [2.05, 4.69) is 5.32 Å². The minimum atomic E-state index is -4.20. The zero-order valence-corrected chi connectivity index (χ0v) is 8.19. The van der Waals surface area contributed by atoms with Crippen LogP contribution < -0.4 is 5.32 Å². The van der Waals surface area contributed by atoms with Gasteiger partial charge in [-0.15, -0.1) is 0 Å². The quantitative estimate of drug-likeness (QED) is 0.744. The van der Waals surface area contributed by atoms with Crippen LogP contribution in [0.3, 0.4) is 0 Å². The molecule has 2 atom stereocenters. The third kappa shape index (κ3) is 2.60. The standard InChI is InChI=1S/C9H16F3NO/c1-7-3-2-4-8(7,6-14)13-5-9(10,11)12/h7,13-14H,2-6H2,1H3. The lowest BCUT2D eigenvalue weighted by Crippen LogP contribution is -2.53. The molecule has 0 saturated heterocycles. The van der Waals surface area contributed by atoms with E-state index in [0.717, 1.165) is 12.8 Å². The number of alkyl halides is 3. The molecule has 0 spiro atoms. The molecule has 14 heavy (non-hydrogen) atoms. The molecule has 84 valence electrons. The molecule has 0 aromatic heterocycles. The van der Waals surface area contributed by atoms with Gasteiger partial charge in [0.25, 0.3) is 0 Å². The fourth-order valence-electron chi connectivity index (χ4n) is 2.08. The van der Waals surface area contributed by atoms with Crippen LogP contribution in [0.25, 0.3) is 0 Å². The van der Waals surface area contributed by atoms with Gasteiger partial charge in [0, 0.05) is 5.54 Å². The molecule has 0 aromatic carbocycles. The van der Waals surface area contributed by atoms with Crippen LogP contribution in [-0.4, -0.2) is 30.0 Å². The Kier molecular flexibility index (Phi) is 3.42. The Morgan fingerprint density at radius 3 is 2.50 bits per heavy atom. The zero-order valence-electron chi connectivity index (χ0n) is 8.19. The van der Waals surface area contributed by atoms with Gasteiger partial charge in [-0.25, -0.2) is 0 Å². The average molecular weight is 211 g/mol. The lowest BCUT2D eigenvalue weighted by atomic mass is 9.89. The van der Waals surface area contributed by atoms with Crippen LogP contribution >= 0.6 is 0 Å². The summed E-state index contributed by atoms with van der Waals surface area (Å²) in [6.07, 6.45) is -1.82. The lowest BCUT2D eigenvalue weighted by molar-refractivity contribution is -0.130. The maximum Gasteiger partial charge on any atom is 0.401 e. The van der Waals surface area contributed by atoms with Crippen molar-refractivity contribution in [3.8, 4) is 0 Å². The lowest BCUT2D eigenvalue weighted by Gasteiger charge is -2.33. The third-order valence-corrected chi connectivity index (χ3v) is 3.13. The van der Waals surface area contributed by atoms with Crippen molar-refractivity contribution in [2.45, 2.75) is 37.9 Å². The van der Waals surface area contributed by atoms with E-state index < -0.39 is 18.3 Å². The van der Waals surface area contributed by atoms with E-state index >= 15 is 0 Å². The van der Waals surface area contributed by atoms with Crippen molar-refractivity contribution >= 4 is 0 Å². The summed E-state index contributed by atoms with van der Waals surface area (Å²) in [4.78, 5) is 0. The maximum atomic E-state index is 12.0. The molecule has 2 nitrogen and oxygen atoms in total. The number of nitrogens with one attached hydrogen (secondary N) is 1. The van der Waals surface area contributed by atoms with Crippen LogP contribution in [0.15, 0.2) is 0 Å². The Bertz CT molecular complexity index is 195. The molecule has 0 aliphatic heterocycles. The number of hydrogen-bond donors (Lipinski definition) is 2. The van der Waals surface area contributed by atoms with E-state index in [-0.39, 0.29) is 12.5 Å². The van der Waals surface area contributed by atoms with E-state index in [4.69, 9.17) is 5.11 Å². The molecule has 0 heterocycles. The number of halogens is 3. The van der Waals surface area contributed by atoms with Crippen LogP contribution in [-0.2, 0) is 0 Å². The first kappa shape index (κ1) is 11.8. The monoisotopic (exact) mass is 211 g/mol. The van der Waals surface area contributed by atoms with Gasteiger partial charge < -0.3 is 10.4 Å². The van der Waals surface area contributed by atoms with Gasteiger partial charge in [0.2, 0.25) is 0 Å². The van der Waals surface area contributed by atoms with Crippen molar-refractivity contribution in [3.05, 3.63) is 0 Å². The molecule has 1 aliphatic carbocycles. The van der Waals surface area contributed by atoms with Gasteiger partial charge in [0.05, 0.1) is 13.2 Å². The summed E-state index contributed by atoms with van der Waals surface area (Å²) in [5.74, 6) is 0.106. The summed E-state index contributed by atoms with van der Waals surface area (Å²) < 4.78 is 36.0. The first-order valence-corrected chi connectivity index (χ1v) is 4.82. The van der Waals surface area contributed by atoms with Gasteiger partial charge in [0.1, 0.15) is 0 Å². The number of rotatable bonds is 3. The van der Waals surface area contributed by atoms with E-state index in [0.29, 0.717) is 6.42 Å². The molecule has 0 aromatic rings. The van der Waals surface area contributed by atoms with Gasteiger partial charge in [-0.2, -0.15) is 13.2 Å². The van der Waals surface area contributed by atoms with Gasteiger partial charge in [-0.05, 0) is 18.8 Å². The highest BCUT2D eigenvalue weighted by Crippen LogP contribution is 2.35. The summed E-state index contributed by atoms with van der Waals surface area (Å²) >= 11 is 0. The van der Waals surface area contributed by atoms with E-state index in [9.17, 15) is 13.2 Å². The first-order valence-electron chi connectivity index (χ1n) is 4.82. The Labute approximate surface area is 81.5 Å². The fraction of sp³-hybridized carbons (Fsp3) is 1.00. The van der Waals surface area contributed by atoms with Crippen molar-refractivity contribution in [3.63, 3.8) is 0 Å². The van der Waals surface area contributed by atoms with Gasteiger partial charge in [-0.3, -0.25) is 0 Å². The molecule has 5 heteroatoms. The summed E-state index contributed by atoms with van der Waals surface area (Å²) in [7, 11) is 0. The Hall–Kier alpha value is -0.290. The van der Waals surface area contributed by atoms with Crippen LogP contribution in [0, 0.1) is 5.92 Å². The molecule has 1 rings (SSSR count). The second kappa shape index (κ2) is 4.06. The van der Waals surface area contributed by atoms with Crippen LogP contribution in [0.2, 0.25) is 0 Å². The Morgan fingerprint density at radius 1 is 1.50 bits per heavy atom. The second-order valence-electron chi connectivity index (χ2n) is 4.08. The molecular weight excluding hydrogens is 195 g/mol. The van der Waals surface area contributed by atoms with E-state index in [1.807, 2.05) is 6.92 Å². The molecule has 2 N–H and O–H groups in total. The van der Waals surface area contributed by atoms with Gasteiger partial charge in [-0.1, -0.05) is 13.3 Å². The van der Waals surface area contributed by atoms with Crippen molar-refractivity contribution in [1.82, 2.24) is 5.32 Å². The number of aliphatic hydroxyl groups excluding tert-OH is 1. The largest absolute Gasteiger partial charge is 0.401 e. The summed E-state index contributed by atoms with van der Waals surface area (Å²) in [5.41, 5.74) is -0.713. The van der Waals surface area contributed by atoms with Crippen molar-refractivity contribution in [2.75, 3.05) is 13.2 Å². The topological polar surface area (TPSA) is 32.3 Å². The summed E-state index contributed by atoms with van der Waals surface area (Å²) in [6, 6.07) is 0. The first-order chi connectivity index (χ1) is 6.40. The predicted molar refractivity (Wildman–Crippen MR) is 46.9 cm³/mol. The van der Waals surface area contributed by atoms with Crippen molar-refractivity contribution in [2.24, 2.45) is 5.92 Å². The highest BCUT2D eigenvalue weighted by atomic mass is 19.4. The molecule has 0 amide bonds. The van der Waals surface area contributed by atoms with E-state index in [1.165, 1.54) is 0 Å². The van der Waals surface area contributed by atoms with Crippen LogP contribution in [0.4, 0.5) is 13.2 Å². The normalized spacial score (nSPS) is 33.6. The van der Waals surface area contributed by atoms with Gasteiger partial charge >= 0.3 is 6.18 Å². The highest BCUT2D eigenvalue weighted by molar-refractivity contribution is 4.97. The molecule has 1 fully saturated rings. The van der Waals surface area contributed by atoms with Crippen molar-refractivity contribution < 1.29 is 18.3 Å². The van der Waals surface area contributed by atoms with Crippen LogP contribution in [0.1, 0.15) is 26.2 Å². The Balaban J connectivity index is 2.54. The minimum Gasteiger partial charge on any atom is -0.394 e. The number of hydrogen-bond acceptors (Lipinski definition) is 2. The smallest absolute Gasteiger partial charge is 0.394 e. The molecular formula is C9H16F3NO. The minimum absolute atomic E-state index is 0.106. The molecule has 1 saturated carbocycles. The van der Waals surface area contributed by atoms with Gasteiger partial charge in [0.15, 0.2) is 0 Å².